The predicted molar refractivity (Wildman–Crippen MR) is 154 cm³/mol. The molecule has 40 heavy (non-hydrogen) atoms. The van der Waals surface area contributed by atoms with Crippen LogP contribution >= 0.6 is 0 Å². The number of benzene rings is 2. The second-order valence-electron chi connectivity index (χ2n) is 12.0. The van der Waals surface area contributed by atoms with Crippen molar-refractivity contribution < 1.29 is 24.2 Å². The molecule has 0 aliphatic carbocycles. The fourth-order valence-corrected chi connectivity index (χ4v) is 7.24. The lowest BCUT2D eigenvalue weighted by Gasteiger charge is -2.36. The van der Waals surface area contributed by atoms with Crippen LogP contribution in [0, 0.1) is 31.6 Å². The van der Waals surface area contributed by atoms with Crippen molar-refractivity contribution in [1.29, 1.82) is 0 Å². The summed E-state index contributed by atoms with van der Waals surface area (Å²) in [5.41, 5.74) is 1.38. The summed E-state index contributed by atoms with van der Waals surface area (Å²) < 4.78 is 6.81. The van der Waals surface area contributed by atoms with Gasteiger partial charge in [-0.05, 0) is 75.3 Å². The Labute approximate surface area is 236 Å². The van der Waals surface area contributed by atoms with E-state index in [2.05, 4.69) is 17.6 Å². The molecular formula is C32H41N3O5. The van der Waals surface area contributed by atoms with E-state index in [1.807, 2.05) is 69.3 Å². The van der Waals surface area contributed by atoms with Crippen LogP contribution in [0.1, 0.15) is 57.1 Å². The molecule has 0 radical (unpaired) electrons. The number of rotatable bonds is 10. The lowest BCUT2D eigenvalue weighted by atomic mass is 9.62. The zero-order valence-electron chi connectivity index (χ0n) is 23.9. The Morgan fingerprint density at radius 1 is 1.02 bits per heavy atom. The van der Waals surface area contributed by atoms with Crippen molar-refractivity contribution in [2.24, 2.45) is 17.8 Å². The first-order chi connectivity index (χ1) is 19.1. The number of aryl methyl sites for hydroxylation is 2. The number of hydrogen-bond acceptors (Lipinski definition) is 5. The molecule has 3 unspecified atom stereocenters. The van der Waals surface area contributed by atoms with Crippen LogP contribution in [0.25, 0.3) is 0 Å². The number of hydrogen-bond donors (Lipinski definition) is 3. The zero-order valence-corrected chi connectivity index (χ0v) is 23.9. The Bertz CT molecular complexity index is 1280. The summed E-state index contributed by atoms with van der Waals surface area (Å²) in [4.78, 5) is 43.9. The highest BCUT2D eigenvalue weighted by molar-refractivity contribution is 6.05. The maximum absolute atomic E-state index is 14.2. The number of ether oxygens (including phenoxy) is 1. The number of nitrogens with one attached hydrogen (secondary N) is 2. The van der Waals surface area contributed by atoms with E-state index in [1.165, 1.54) is 0 Å². The molecule has 3 amide bonds. The van der Waals surface area contributed by atoms with Gasteiger partial charge in [0, 0.05) is 24.5 Å². The third-order valence-corrected chi connectivity index (χ3v) is 9.34. The Morgan fingerprint density at radius 2 is 1.75 bits per heavy atom. The number of aliphatic hydroxyl groups is 1. The molecule has 6 atom stereocenters. The molecule has 5 rings (SSSR count). The lowest BCUT2D eigenvalue weighted by Crippen LogP contribution is -2.54. The van der Waals surface area contributed by atoms with Crippen LogP contribution in [-0.2, 0) is 19.1 Å². The molecule has 2 aromatic rings. The van der Waals surface area contributed by atoms with Gasteiger partial charge in [0.25, 0.3) is 0 Å². The smallest absolute Gasteiger partial charge is 0.250 e. The Morgan fingerprint density at radius 3 is 2.48 bits per heavy atom. The average molecular weight is 548 g/mol. The summed E-state index contributed by atoms with van der Waals surface area (Å²) in [6, 6.07) is 14.3. The Kier molecular flexibility index (Phi) is 7.77. The van der Waals surface area contributed by atoms with Crippen molar-refractivity contribution in [3.8, 4) is 0 Å². The third kappa shape index (κ3) is 4.71. The highest BCUT2D eigenvalue weighted by Gasteiger charge is 2.79. The van der Waals surface area contributed by atoms with Gasteiger partial charge in [-0.3, -0.25) is 14.4 Å². The van der Waals surface area contributed by atoms with E-state index in [9.17, 15) is 14.4 Å². The minimum Gasteiger partial charge on any atom is -0.396 e. The molecule has 3 fully saturated rings. The van der Waals surface area contributed by atoms with Crippen LogP contribution in [-0.4, -0.2) is 58.1 Å². The number of fused-ring (bicyclic) bond motifs is 1. The first kappa shape index (κ1) is 28.3. The van der Waals surface area contributed by atoms with E-state index in [-0.39, 0.29) is 30.2 Å². The number of aliphatic hydroxyl groups excluding tert-OH is 1. The number of carbonyl (C=O) groups excluding carboxylic acids is 3. The third-order valence-electron chi connectivity index (χ3n) is 9.34. The summed E-state index contributed by atoms with van der Waals surface area (Å²) in [7, 11) is 0. The minimum atomic E-state index is -1.09. The molecule has 2 aromatic carbocycles. The summed E-state index contributed by atoms with van der Waals surface area (Å²) in [5, 5.41) is 15.3. The molecule has 3 aliphatic heterocycles. The Hall–Kier alpha value is -3.23. The lowest BCUT2D eigenvalue weighted by molar-refractivity contribution is -0.144. The van der Waals surface area contributed by atoms with E-state index in [4.69, 9.17) is 9.84 Å². The van der Waals surface area contributed by atoms with E-state index in [0.717, 1.165) is 24.0 Å². The van der Waals surface area contributed by atoms with Gasteiger partial charge in [-0.2, -0.15) is 0 Å². The van der Waals surface area contributed by atoms with Gasteiger partial charge in [0.15, 0.2) is 0 Å². The number of para-hydroxylation sites is 1. The normalized spacial score (nSPS) is 30.4. The molecule has 214 valence electrons. The topological polar surface area (TPSA) is 108 Å². The molecule has 3 aliphatic rings. The van der Waals surface area contributed by atoms with Crippen molar-refractivity contribution in [3.05, 3.63) is 59.7 Å². The van der Waals surface area contributed by atoms with Crippen molar-refractivity contribution in [3.63, 3.8) is 0 Å². The number of carbonyl (C=O) groups is 3. The molecule has 1 spiro atoms. The molecule has 3 saturated heterocycles. The molecule has 0 saturated carbocycles. The fraction of sp³-hybridized carbons (Fsp3) is 0.531. The van der Waals surface area contributed by atoms with Crippen LogP contribution in [0.15, 0.2) is 48.5 Å². The quantitative estimate of drug-likeness (QED) is 0.381. The SMILES string of the molecule is Cc1ccc(C)c(NC(=O)C2N(CCCCCCO)C(=O)[C@@H]3[C@H](C(=O)Nc4ccccc4)[C@@]4(C)OC23CC4C)c1. The highest BCUT2D eigenvalue weighted by atomic mass is 16.5. The maximum Gasteiger partial charge on any atom is 0.250 e. The number of anilines is 2. The number of amides is 3. The van der Waals surface area contributed by atoms with Crippen LogP contribution in [0.2, 0.25) is 0 Å². The van der Waals surface area contributed by atoms with E-state index in [1.54, 1.807) is 4.90 Å². The van der Waals surface area contributed by atoms with Crippen LogP contribution in [0.3, 0.4) is 0 Å². The molecule has 2 bridgehead atoms. The molecular weight excluding hydrogens is 506 g/mol. The van der Waals surface area contributed by atoms with E-state index < -0.39 is 29.1 Å². The molecule has 0 aromatic heterocycles. The largest absolute Gasteiger partial charge is 0.396 e. The van der Waals surface area contributed by atoms with Gasteiger partial charge in [-0.1, -0.05) is 50.1 Å². The average Bonchev–Trinajstić information content (AvgIpc) is 3.43. The van der Waals surface area contributed by atoms with Gasteiger partial charge in [0.1, 0.15) is 11.6 Å². The van der Waals surface area contributed by atoms with Gasteiger partial charge in [-0.15, -0.1) is 0 Å². The first-order valence-electron chi connectivity index (χ1n) is 14.5. The van der Waals surface area contributed by atoms with Crippen LogP contribution in [0.4, 0.5) is 11.4 Å². The molecule has 8 heteroatoms. The minimum absolute atomic E-state index is 0.0245. The van der Waals surface area contributed by atoms with Crippen molar-refractivity contribution in [2.75, 3.05) is 23.8 Å². The van der Waals surface area contributed by atoms with Gasteiger partial charge < -0.3 is 25.4 Å². The van der Waals surface area contributed by atoms with Crippen molar-refractivity contribution in [1.82, 2.24) is 4.90 Å². The van der Waals surface area contributed by atoms with Gasteiger partial charge in [0.2, 0.25) is 17.7 Å². The molecule has 3 heterocycles. The zero-order chi connectivity index (χ0) is 28.7. The fourth-order valence-electron chi connectivity index (χ4n) is 7.24. The highest BCUT2D eigenvalue weighted by Crippen LogP contribution is 2.65. The molecule has 8 nitrogen and oxygen atoms in total. The molecule has 3 N–H and O–H groups in total. The number of unbranched alkanes of at least 4 members (excludes halogenated alkanes) is 3. The standard InChI is InChI=1S/C32H41N3O5/c1-20-14-15-21(2)24(18-20)34-29(38)27-32-19-22(3)31(4,40-32)25(28(37)33-23-12-8-7-9-13-23)26(32)30(39)35(27)16-10-5-6-11-17-36/h7-9,12-15,18,22,25-27,36H,5-6,10-11,16-17,19H2,1-4H3,(H,33,37)(H,34,38)/t22?,25-,26+,27?,31+,32?/m1/s1. The summed E-state index contributed by atoms with van der Waals surface area (Å²) in [6.45, 7) is 8.43. The van der Waals surface area contributed by atoms with Crippen molar-refractivity contribution >= 4 is 29.1 Å². The van der Waals surface area contributed by atoms with Crippen molar-refractivity contribution in [2.45, 2.75) is 77.0 Å². The summed E-state index contributed by atoms with van der Waals surface area (Å²) in [5.74, 6) is -2.21. The van der Waals surface area contributed by atoms with Gasteiger partial charge in [0.05, 0.1) is 17.4 Å². The van der Waals surface area contributed by atoms with Gasteiger partial charge in [-0.25, -0.2) is 0 Å². The van der Waals surface area contributed by atoms with Crippen LogP contribution < -0.4 is 10.6 Å². The number of nitrogens with zero attached hydrogens (tertiary/aromatic N) is 1. The second kappa shape index (κ2) is 11.0. The Balaban J connectivity index is 1.49. The summed E-state index contributed by atoms with van der Waals surface area (Å²) in [6.07, 6.45) is 3.62. The van der Waals surface area contributed by atoms with Crippen LogP contribution in [0.5, 0.6) is 0 Å². The summed E-state index contributed by atoms with van der Waals surface area (Å²) >= 11 is 0. The number of likely N-dealkylation sites (tertiary alicyclic amines) is 1. The second-order valence-corrected chi connectivity index (χ2v) is 12.0. The van der Waals surface area contributed by atoms with Gasteiger partial charge >= 0.3 is 0 Å². The monoisotopic (exact) mass is 547 g/mol. The van der Waals surface area contributed by atoms with E-state index in [0.29, 0.717) is 37.2 Å². The first-order valence-corrected chi connectivity index (χ1v) is 14.5. The predicted octanol–water partition coefficient (Wildman–Crippen LogP) is 4.44. The maximum atomic E-state index is 14.2. The van der Waals surface area contributed by atoms with E-state index >= 15 is 0 Å².